The molecular weight excluding hydrogens is 242 g/mol. The first-order chi connectivity index (χ1) is 7.84. The van der Waals surface area contributed by atoms with Crippen LogP contribution in [0.25, 0.3) is 0 Å². The summed E-state index contributed by atoms with van der Waals surface area (Å²) < 4.78 is 49.9. The van der Waals surface area contributed by atoms with Crippen molar-refractivity contribution in [2.45, 2.75) is 6.18 Å². The van der Waals surface area contributed by atoms with E-state index >= 15 is 0 Å². The Labute approximate surface area is 94.1 Å². The van der Waals surface area contributed by atoms with E-state index in [0.717, 1.165) is 0 Å². The molecule has 0 radical (unpaired) electrons. The summed E-state index contributed by atoms with van der Waals surface area (Å²) in [4.78, 5) is 11.3. The number of aliphatic hydroxyl groups excluding tert-OH is 1. The van der Waals surface area contributed by atoms with E-state index in [1.54, 1.807) is 0 Å². The van der Waals surface area contributed by atoms with Gasteiger partial charge in [0.2, 0.25) is 0 Å². The smallest absolute Gasteiger partial charge is 0.395 e. The second-order valence-corrected chi connectivity index (χ2v) is 3.21. The van der Waals surface area contributed by atoms with Crippen LogP contribution in [0.1, 0.15) is 15.9 Å². The number of rotatable bonds is 3. The minimum absolute atomic E-state index is 0.114. The van der Waals surface area contributed by atoms with E-state index in [0.29, 0.717) is 18.2 Å². The number of alkyl halides is 3. The lowest BCUT2D eigenvalue weighted by Crippen LogP contribution is -2.26. The van der Waals surface area contributed by atoms with E-state index in [9.17, 15) is 22.4 Å². The van der Waals surface area contributed by atoms with Crippen LogP contribution < -0.4 is 5.32 Å². The van der Waals surface area contributed by atoms with E-state index in [-0.39, 0.29) is 13.2 Å². The first-order valence-electron chi connectivity index (χ1n) is 4.61. The maximum absolute atomic E-state index is 12.9. The predicted molar refractivity (Wildman–Crippen MR) is 50.8 cm³/mol. The molecular formula is C10H9F4NO2. The molecule has 0 spiro atoms. The van der Waals surface area contributed by atoms with Gasteiger partial charge in [0, 0.05) is 12.1 Å². The third-order valence-electron chi connectivity index (χ3n) is 1.88. The Morgan fingerprint density at radius 3 is 2.47 bits per heavy atom. The van der Waals surface area contributed by atoms with Crippen LogP contribution in [0.2, 0.25) is 0 Å². The molecule has 2 N–H and O–H groups in total. The van der Waals surface area contributed by atoms with Gasteiger partial charge in [-0.05, 0) is 18.2 Å². The minimum atomic E-state index is -4.71. The lowest BCUT2D eigenvalue weighted by atomic mass is 10.1. The van der Waals surface area contributed by atoms with Gasteiger partial charge in [0.25, 0.3) is 5.91 Å². The molecule has 0 bridgehead atoms. The highest BCUT2D eigenvalue weighted by molar-refractivity contribution is 5.94. The molecule has 1 aromatic carbocycles. The molecule has 0 aromatic heterocycles. The zero-order valence-corrected chi connectivity index (χ0v) is 8.51. The average Bonchev–Trinajstić information content (AvgIpc) is 2.23. The van der Waals surface area contributed by atoms with Gasteiger partial charge in [-0.1, -0.05) is 0 Å². The summed E-state index contributed by atoms with van der Waals surface area (Å²) in [6.07, 6.45) is -4.71. The molecule has 0 saturated heterocycles. The fourth-order valence-electron chi connectivity index (χ4n) is 1.16. The fraction of sp³-hybridized carbons (Fsp3) is 0.300. The quantitative estimate of drug-likeness (QED) is 0.801. The van der Waals surface area contributed by atoms with Crippen molar-refractivity contribution in [3.63, 3.8) is 0 Å². The lowest BCUT2D eigenvalue weighted by Gasteiger charge is -2.09. The van der Waals surface area contributed by atoms with Gasteiger partial charge in [-0.3, -0.25) is 4.79 Å². The van der Waals surface area contributed by atoms with Crippen molar-refractivity contribution in [1.82, 2.24) is 5.32 Å². The Morgan fingerprint density at radius 2 is 1.94 bits per heavy atom. The summed E-state index contributed by atoms with van der Waals surface area (Å²) in [5.41, 5.74) is -1.67. The molecule has 0 atom stereocenters. The number of halogens is 4. The number of benzene rings is 1. The van der Waals surface area contributed by atoms with Gasteiger partial charge in [-0.2, -0.15) is 13.2 Å². The van der Waals surface area contributed by atoms with Crippen molar-refractivity contribution in [2.75, 3.05) is 13.2 Å². The second-order valence-electron chi connectivity index (χ2n) is 3.21. The van der Waals surface area contributed by atoms with E-state index < -0.39 is 29.0 Å². The van der Waals surface area contributed by atoms with Crippen LogP contribution in [-0.2, 0) is 6.18 Å². The van der Waals surface area contributed by atoms with E-state index in [1.807, 2.05) is 0 Å². The average molecular weight is 251 g/mol. The van der Waals surface area contributed by atoms with Gasteiger partial charge in [0.05, 0.1) is 12.2 Å². The third-order valence-corrected chi connectivity index (χ3v) is 1.88. The third kappa shape index (κ3) is 3.70. The van der Waals surface area contributed by atoms with Crippen molar-refractivity contribution in [1.29, 1.82) is 0 Å². The van der Waals surface area contributed by atoms with Gasteiger partial charge in [0.15, 0.2) is 0 Å². The highest BCUT2D eigenvalue weighted by atomic mass is 19.4. The van der Waals surface area contributed by atoms with Crippen molar-refractivity contribution < 1.29 is 27.5 Å². The van der Waals surface area contributed by atoms with Gasteiger partial charge in [0.1, 0.15) is 5.82 Å². The zero-order chi connectivity index (χ0) is 13.1. The standard InChI is InChI=1S/C10H9F4NO2/c11-8-4-6(9(17)15-1-2-16)3-7(5-8)10(12,13)14/h3-5,16H,1-2H2,(H,15,17). The van der Waals surface area contributed by atoms with Gasteiger partial charge < -0.3 is 10.4 Å². The molecule has 0 saturated carbocycles. The van der Waals surface area contributed by atoms with Crippen LogP contribution in [0.15, 0.2) is 18.2 Å². The highest BCUT2D eigenvalue weighted by Crippen LogP contribution is 2.30. The summed E-state index contributed by atoms with van der Waals surface area (Å²) >= 11 is 0. The lowest BCUT2D eigenvalue weighted by molar-refractivity contribution is -0.137. The number of carbonyl (C=O) groups excluding carboxylic acids is 1. The molecule has 0 unspecified atom stereocenters. The number of aliphatic hydroxyl groups is 1. The van der Waals surface area contributed by atoms with E-state index in [2.05, 4.69) is 5.32 Å². The SMILES string of the molecule is O=C(NCCO)c1cc(F)cc(C(F)(F)F)c1. The normalized spacial score (nSPS) is 11.4. The summed E-state index contributed by atoms with van der Waals surface area (Å²) in [6, 6.07) is 1.56. The number of hydrogen-bond donors (Lipinski definition) is 2. The number of carbonyl (C=O) groups is 1. The van der Waals surface area contributed by atoms with Gasteiger partial charge >= 0.3 is 6.18 Å². The molecule has 0 aliphatic carbocycles. The Hall–Kier alpha value is -1.63. The molecule has 0 fully saturated rings. The number of nitrogens with one attached hydrogen (secondary N) is 1. The van der Waals surface area contributed by atoms with Gasteiger partial charge in [-0.15, -0.1) is 0 Å². The largest absolute Gasteiger partial charge is 0.416 e. The molecule has 0 aliphatic rings. The first kappa shape index (κ1) is 13.4. The Kier molecular flexibility index (Phi) is 4.06. The summed E-state index contributed by atoms with van der Waals surface area (Å²) in [6.45, 7) is -0.468. The summed E-state index contributed by atoms with van der Waals surface area (Å²) in [7, 11) is 0. The topological polar surface area (TPSA) is 49.3 Å². The van der Waals surface area contributed by atoms with Crippen LogP contribution in [-0.4, -0.2) is 24.2 Å². The molecule has 1 amide bonds. The second kappa shape index (κ2) is 5.13. The monoisotopic (exact) mass is 251 g/mol. The van der Waals surface area contributed by atoms with E-state index in [4.69, 9.17) is 5.11 Å². The first-order valence-corrected chi connectivity index (χ1v) is 4.61. The maximum atomic E-state index is 12.9. The summed E-state index contributed by atoms with van der Waals surface area (Å²) in [5.74, 6) is -2.02. The highest BCUT2D eigenvalue weighted by Gasteiger charge is 2.31. The van der Waals surface area contributed by atoms with Crippen LogP contribution in [0.4, 0.5) is 17.6 Å². The predicted octanol–water partition coefficient (Wildman–Crippen LogP) is 1.57. The number of amides is 1. The molecule has 0 aliphatic heterocycles. The molecule has 3 nitrogen and oxygen atoms in total. The zero-order valence-electron chi connectivity index (χ0n) is 8.51. The Balaban J connectivity index is 3.01. The van der Waals surface area contributed by atoms with Crippen LogP contribution in [0.3, 0.4) is 0 Å². The van der Waals surface area contributed by atoms with Crippen molar-refractivity contribution in [3.05, 3.63) is 35.1 Å². The fourth-order valence-corrected chi connectivity index (χ4v) is 1.16. The van der Waals surface area contributed by atoms with Crippen LogP contribution in [0.5, 0.6) is 0 Å². The number of hydrogen-bond acceptors (Lipinski definition) is 2. The molecule has 1 rings (SSSR count). The molecule has 0 heterocycles. The van der Waals surface area contributed by atoms with Crippen molar-refractivity contribution in [3.8, 4) is 0 Å². The van der Waals surface area contributed by atoms with Crippen molar-refractivity contribution in [2.24, 2.45) is 0 Å². The maximum Gasteiger partial charge on any atom is 0.416 e. The molecule has 17 heavy (non-hydrogen) atoms. The van der Waals surface area contributed by atoms with E-state index in [1.165, 1.54) is 0 Å². The van der Waals surface area contributed by atoms with Crippen LogP contribution in [0, 0.1) is 5.82 Å². The molecule has 7 heteroatoms. The van der Waals surface area contributed by atoms with Crippen molar-refractivity contribution >= 4 is 5.91 Å². The minimum Gasteiger partial charge on any atom is -0.395 e. The Bertz CT molecular complexity index is 417. The summed E-state index contributed by atoms with van der Waals surface area (Å²) in [5, 5.41) is 10.6. The Morgan fingerprint density at radius 1 is 1.29 bits per heavy atom. The molecule has 1 aromatic rings. The van der Waals surface area contributed by atoms with Crippen LogP contribution >= 0.6 is 0 Å². The molecule has 94 valence electrons. The van der Waals surface area contributed by atoms with Gasteiger partial charge in [-0.25, -0.2) is 4.39 Å².